The van der Waals surface area contributed by atoms with Crippen molar-refractivity contribution < 1.29 is 9.53 Å². The molecule has 0 radical (unpaired) electrons. The number of rotatable bonds is 1. The number of carbonyl (C=O) groups is 1. The standard InChI is InChI=1S/C17H19BrO2/c18-13-5-6-14-15(19)10-17(20-16(14)8-13)7-1-2-12(9-17)11-3-4-11/h5-6,8,11-12H,1-4,7,9-10H2. The molecular weight excluding hydrogens is 316 g/mol. The number of carbonyl (C=O) groups excluding carboxylic acids is 1. The van der Waals surface area contributed by atoms with Gasteiger partial charge in [0.1, 0.15) is 11.4 Å². The lowest BCUT2D eigenvalue weighted by atomic mass is 9.72. The molecule has 4 rings (SSSR count). The van der Waals surface area contributed by atoms with Crippen LogP contribution in [-0.4, -0.2) is 11.4 Å². The summed E-state index contributed by atoms with van der Waals surface area (Å²) in [7, 11) is 0. The number of ketones is 1. The maximum absolute atomic E-state index is 12.5. The Morgan fingerprint density at radius 2 is 2.05 bits per heavy atom. The van der Waals surface area contributed by atoms with Crippen LogP contribution in [0.1, 0.15) is 55.3 Å². The summed E-state index contributed by atoms with van der Waals surface area (Å²) in [6.07, 6.45) is 7.99. The number of halogens is 1. The molecule has 20 heavy (non-hydrogen) atoms. The van der Waals surface area contributed by atoms with E-state index < -0.39 is 0 Å². The lowest BCUT2D eigenvalue weighted by Gasteiger charge is -2.43. The SMILES string of the molecule is O=C1CC2(CCCC(C3CC3)C2)Oc2cc(Br)ccc21. The fourth-order valence-corrected chi connectivity index (χ4v) is 4.40. The maximum Gasteiger partial charge on any atom is 0.170 e. The second kappa shape index (κ2) is 4.59. The molecule has 2 atom stereocenters. The van der Waals surface area contributed by atoms with Gasteiger partial charge in [-0.05, 0) is 68.6 Å². The Morgan fingerprint density at radius 3 is 2.85 bits per heavy atom. The molecule has 1 aromatic rings. The van der Waals surface area contributed by atoms with Gasteiger partial charge in [0.05, 0.1) is 12.0 Å². The molecule has 0 aromatic heterocycles. The topological polar surface area (TPSA) is 26.3 Å². The van der Waals surface area contributed by atoms with Gasteiger partial charge in [0.2, 0.25) is 0 Å². The van der Waals surface area contributed by atoms with Gasteiger partial charge in [-0.1, -0.05) is 15.9 Å². The van der Waals surface area contributed by atoms with E-state index in [9.17, 15) is 4.79 Å². The number of hydrogen-bond acceptors (Lipinski definition) is 2. The van der Waals surface area contributed by atoms with Crippen molar-refractivity contribution in [3.8, 4) is 5.75 Å². The molecule has 1 spiro atoms. The highest BCUT2D eigenvalue weighted by molar-refractivity contribution is 9.10. The zero-order valence-corrected chi connectivity index (χ0v) is 13.1. The molecule has 0 N–H and O–H groups in total. The zero-order valence-electron chi connectivity index (χ0n) is 11.5. The van der Waals surface area contributed by atoms with Crippen LogP contribution in [0.25, 0.3) is 0 Å². The minimum Gasteiger partial charge on any atom is -0.486 e. The van der Waals surface area contributed by atoms with Crippen molar-refractivity contribution in [2.24, 2.45) is 11.8 Å². The molecule has 1 aliphatic heterocycles. The molecule has 1 heterocycles. The summed E-state index contributed by atoms with van der Waals surface area (Å²) in [6.45, 7) is 0. The fourth-order valence-electron chi connectivity index (χ4n) is 4.06. The molecule has 0 bridgehead atoms. The number of benzene rings is 1. The van der Waals surface area contributed by atoms with Crippen LogP contribution in [0, 0.1) is 11.8 Å². The summed E-state index contributed by atoms with van der Waals surface area (Å²) in [5.41, 5.74) is 0.545. The van der Waals surface area contributed by atoms with Gasteiger partial charge in [-0.25, -0.2) is 0 Å². The van der Waals surface area contributed by atoms with Crippen molar-refractivity contribution in [3.05, 3.63) is 28.2 Å². The van der Waals surface area contributed by atoms with Gasteiger partial charge in [0.25, 0.3) is 0 Å². The van der Waals surface area contributed by atoms with Crippen LogP contribution >= 0.6 is 15.9 Å². The van der Waals surface area contributed by atoms with E-state index in [-0.39, 0.29) is 11.4 Å². The molecule has 2 saturated carbocycles. The number of Topliss-reactive ketones (excluding diaryl/α,β-unsaturated/α-hetero) is 1. The smallest absolute Gasteiger partial charge is 0.170 e. The van der Waals surface area contributed by atoms with Crippen LogP contribution in [0.2, 0.25) is 0 Å². The highest BCUT2D eigenvalue weighted by atomic mass is 79.9. The second-order valence-corrected chi connectivity index (χ2v) is 7.64. The van der Waals surface area contributed by atoms with Crippen LogP contribution in [-0.2, 0) is 0 Å². The van der Waals surface area contributed by atoms with E-state index in [1.165, 1.54) is 25.7 Å². The Balaban J connectivity index is 1.65. The molecule has 2 nitrogen and oxygen atoms in total. The quantitative estimate of drug-likeness (QED) is 0.740. The first-order valence-corrected chi connectivity index (χ1v) is 8.46. The van der Waals surface area contributed by atoms with Gasteiger partial charge >= 0.3 is 0 Å². The zero-order chi connectivity index (χ0) is 13.7. The molecule has 2 fully saturated rings. The third kappa shape index (κ3) is 2.20. The first-order chi connectivity index (χ1) is 9.65. The molecule has 0 amide bonds. The Hall–Kier alpha value is -0.830. The molecule has 106 valence electrons. The van der Waals surface area contributed by atoms with Gasteiger partial charge in [0.15, 0.2) is 5.78 Å². The first-order valence-electron chi connectivity index (χ1n) is 7.67. The van der Waals surface area contributed by atoms with Crippen molar-refractivity contribution >= 4 is 21.7 Å². The normalized spacial score (nSPS) is 32.9. The summed E-state index contributed by atoms with van der Waals surface area (Å²) in [5, 5.41) is 0. The fraction of sp³-hybridized carbons (Fsp3) is 0.588. The van der Waals surface area contributed by atoms with E-state index in [4.69, 9.17) is 4.74 Å². The molecule has 1 aromatic carbocycles. The molecule has 2 aliphatic carbocycles. The lowest BCUT2D eigenvalue weighted by molar-refractivity contribution is -0.00744. The minimum absolute atomic E-state index is 0.212. The maximum atomic E-state index is 12.5. The highest BCUT2D eigenvalue weighted by Crippen LogP contribution is 2.50. The summed E-state index contributed by atoms with van der Waals surface area (Å²) >= 11 is 3.48. The van der Waals surface area contributed by atoms with Gasteiger partial charge in [-0.3, -0.25) is 4.79 Å². The number of fused-ring (bicyclic) bond motifs is 1. The summed E-state index contributed by atoms with van der Waals surface area (Å²) in [4.78, 5) is 12.5. The third-order valence-corrected chi connectivity index (χ3v) is 5.68. The van der Waals surface area contributed by atoms with Crippen molar-refractivity contribution in [1.29, 1.82) is 0 Å². The first kappa shape index (κ1) is 12.9. The minimum atomic E-state index is -0.212. The van der Waals surface area contributed by atoms with Crippen molar-refractivity contribution in [2.45, 2.75) is 50.5 Å². The predicted molar refractivity (Wildman–Crippen MR) is 81.1 cm³/mol. The molecule has 3 aliphatic rings. The van der Waals surface area contributed by atoms with Gasteiger partial charge < -0.3 is 4.74 Å². The summed E-state index contributed by atoms with van der Waals surface area (Å²) < 4.78 is 7.35. The summed E-state index contributed by atoms with van der Waals surface area (Å²) in [5.74, 6) is 2.74. The molecule has 3 heteroatoms. The molecule has 0 saturated heterocycles. The monoisotopic (exact) mass is 334 g/mol. The van der Waals surface area contributed by atoms with Crippen LogP contribution in [0.15, 0.2) is 22.7 Å². The van der Waals surface area contributed by atoms with E-state index in [0.29, 0.717) is 6.42 Å². The van der Waals surface area contributed by atoms with Crippen LogP contribution in [0.3, 0.4) is 0 Å². The average molecular weight is 335 g/mol. The third-order valence-electron chi connectivity index (χ3n) is 5.18. The Morgan fingerprint density at radius 1 is 1.20 bits per heavy atom. The Bertz CT molecular complexity index is 564. The van der Waals surface area contributed by atoms with Crippen LogP contribution < -0.4 is 4.74 Å². The van der Waals surface area contributed by atoms with E-state index in [2.05, 4.69) is 15.9 Å². The Kier molecular flexibility index (Phi) is 2.95. The molecule has 2 unspecified atom stereocenters. The van der Waals surface area contributed by atoms with Crippen LogP contribution in [0.4, 0.5) is 0 Å². The van der Waals surface area contributed by atoms with Gasteiger partial charge in [0, 0.05) is 4.47 Å². The molecular formula is C17H19BrO2. The largest absolute Gasteiger partial charge is 0.486 e. The van der Waals surface area contributed by atoms with E-state index in [1.807, 2.05) is 18.2 Å². The number of ether oxygens (including phenoxy) is 1. The van der Waals surface area contributed by atoms with E-state index >= 15 is 0 Å². The van der Waals surface area contributed by atoms with Crippen molar-refractivity contribution in [1.82, 2.24) is 0 Å². The number of hydrogen-bond donors (Lipinski definition) is 0. The summed E-state index contributed by atoms with van der Waals surface area (Å²) in [6, 6.07) is 5.76. The van der Waals surface area contributed by atoms with E-state index in [0.717, 1.165) is 40.5 Å². The second-order valence-electron chi connectivity index (χ2n) is 6.72. The Labute approximate surface area is 128 Å². The average Bonchev–Trinajstić information content (AvgIpc) is 3.22. The van der Waals surface area contributed by atoms with Gasteiger partial charge in [-0.15, -0.1) is 0 Å². The van der Waals surface area contributed by atoms with Crippen LogP contribution in [0.5, 0.6) is 5.75 Å². The van der Waals surface area contributed by atoms with Crippen molar-refractivity contribution in [3.63, 3.8) is 0 Å². The predicted octanol–water partition coefficient (Wildman–Crippen LogP) is 4.75. The van der Waals surface area contributed by atoms with Crippen molar-refractivity contribution in [2.75, 3.05) is 0 Å². The highest BCUT2D eigenvalue weighted by Gasteiger charge is 2.47. The van der Waals surface area contributed by atoms with Gasteiger partial charge in [-0.2, -0.15) is 0 Å². The van der Waals surface area contributed by atoms with E-state index in [1.54, 1.807) is 0 Å². The lowest BCUT2D eigenvalue weighted by Crippen LogP contribution is -2.46.